The number of nitrogens with one attached hydrogen (secondary N) is 1. The van der Waals surface area contributed by atoms with E-state index in [-0.39, 0.29) is 35.8 Å². The van der Waals surface area contributed by atoms with Gasteiger partial charge >= 0.3 is 6.18 Å². The van der Waals surface area contributed by atoms with E-state index >= 15 is 0 Å². The van der Waals surface area contributed by atoms with Crippen molar-refractivity contribution in [2.24, 2.45) is 5.92 Å². The minimum Gasteiger partial charge on any atom is -0.393 e. The summed E-state index contributed by atoms with van der Waals surface area (Å²) < 4.78 is 38.1. The van der Waals surface area contributed by atoms with Gasteiger partial charge in [-0.1, -0.05) is 24.3 Å². The molecule has 1 saturated heterocycles. The van der Waals surface area contributed by atoms with Crippen LogP contribution in [-0.2, 0) is 5.41 Å². The summed E-state index contributed by atoms with van der Waals surface area (Å²) in [6.45, 7) is 1.44. The van der Waals surface area contributed by atoms with E-state index in [1.54, 1.807) is 12.3 Å². The predicted octanol–water partition coefficient (Wildman–Crippen LogP) is 4.28. The van der Waals surface area contributed by atoms with Crippen molar-refractivity contribution in [3.63, 3.8) is 0 Å². The fourth-order valence-electron chi connectivity index (χ4n) is 6.17. The van der Waals surface area contributed by atoms with Crippen LogP contribution >= 0.6 is 0 Å². The molecule has 0 unspecified atom stereocenters. The highest BCUT2D eigenvalue weighted by molar-refractivity contribution is 5.99. The predicted molar refractivity (Wildman–Crippen MR) is 131 cm³/mol. The lowest BCUT2D eigenvalue weighted by atomic mass is 9.58. The number of nitrogen functional groups attached to an aromatic ring is 1. The lowest BCUT2D eigenvalue weighted by molar-refractivity contribution is -0.137. The molecule has 2 aliphatic carbocycles. The second-order valence-corrected chi connectivity index (χ2v) is 10.7. The number of nitrogens with two attached hydrogens (primary N) is 1. The monoisotopic (exact) mass is 502 g/mol. The van der Waals surface area contributed by atoms with E-state index < -0.39 is 12.6 Å². The fraction of sp³-hybridized carbons (Fsp3) is 0.556. The number of rotatable bonds is 6. The molecule has 5 rings (SSSR count). The van der Waals surface area contributed by atoms with Crippen LogP contribution in [0.4, 0.5) is 19.0 Å². The minimum atomic E-state index is -4.13. The highest BCUT2D eigenvalue weighted by atomic mass is 19.4. The van der Waals surface area contributed by atoms with Gasteiger partial charge in [0.15, 0.2) is 0 Å². The largest absolute Gasteiger partial charge is 0.393 e. The number of hydrogen-bond acceptors (Lipinski definition) is 5. The van der Waals surface area contributed by atoms with Crippen molar-refractivity contribution in [1.29, 1.82) is 0 Å². The van der Waals surface area contributed by atoms with Crippen LogP contribution in [0.5, 0.6) is 0 Å². The number of amides is 1. The van der Waals surface area contributed by atoms with Crippen LogP contribution in [0.2, 0.25) is 0 Å². The van der Waals surface area contributed by atoms with Crippen LogP contribution in [0.15, 0.2) is 36.5 Å². The Morgan fingerprint density at radius 2 is 1.86 bits per heavy atom. The molecule has 2 saturated carbocycles. The van der Waals surface area contributed by atoms with Gasteiger partial charge in [0, 0.05) is 42.9 Å². The number of likely N-dealkylation sites (tertiary alicyclic amines) is 1. The summed E-state index contributed by atoms with van der Waals surface area (Å²) in [7, 11) is 0. The smallest absolute Gasteiger partial charge is 0.390 e. The molecule has 1 aromatic heterocycles. The first-order chi connectivity index (χ1) is 17.1. The second kappa shape index (κ2) is 9.67. The lowest BCUT2D eigenvalue weighted by Crippen LogP contribution is -2.43. The van der Waals surface area contributed by atoms with Gasteiger partial charge in [-0.2, -0.15) is 13.2 Å². The number of alkyl halides is 3. The molecule has 0 radical (unpaired) electrons. The molecule has 1 amide bonds. The highest BCUT2D eigenvalue weighted by Gasteiger charge is 2.53. The lowest BCUT2D eigenvalue weighted by Gasteiger charge is -2.45. The van der Waals surface area contributed by atoms with Gasteiger partial charge in [-0.15, -0.1) is 0 Å². The maximum atomic E-state index is 12.9. The first-order valence-electron chi connectivity index (χ1n) is 12.8. The Hall–Kier alpha value is -2.65. The number of aliphatic hydroxyl groups is 1. The van der Waals surface area contributed by atoms with Crippen molar-refractivity contribution in [3.05, 3.63) is 47.7 Å². The minimum absolute atomic E-state index is 0.0139. The number of hydrogen-bond donors (Lipinski definition) is 3. The number of nitrogens with zero attached hydrogens (tertiary/aromatic N) is 2. The Bertz CT molecular complexity index is 1100. The molecule has 3 aliphatic rings. The number of aliphatic hydroxyl groups excluding tert-OH is 1. The van der Waals surface area contributed by atoms with Crippen LogP contribution in [0, 0.1) is 5.92 Å². The summed E-state index contributed by atoms with van der Waals surface area (Å²) in [5.74, 6) is 0.303. The number of pyridine rings is 1. The van der Waals surface area contributed by atoms with Gasteiger partial charge in [0.2, 0.25) is 0 Å². The van der Waals surface area contributed by atoms with Crippen LogP contribution < -0.4 is 11.1 Å². The zero-order chi connectivity index (χ0) is 25.5. The van der Waals surface area contributed by atoms with E-state index in [9.17, 15) is 23.1 Å². The van der Waals surface area contributed by atoms with E-state index in [1.807, 2.05) is 17.0 Å². The van der Waals surface area contributed by atoms with Gasteiger partial charge in [-0.05, 0) is 61.6 Å². The number of benzene rings is 1. The molecule has 3 fully saturated rings. The Morgan fingerprint density at radius 1 is 1.14 bits per heavy atom. The molecule has 2 heterocycles. The number of carbonyl (C=O) groups excluding carboxylic acids is 1. The zero-order valence-corrected chi connectivity index (χ0v) is 20.2. The van der Waals surface area contributed by atoms with E-state index in [2.05, 4.69) is 22.4 Å². The van der Waals surface area contributed by atoms with E-state index in [0.717, 1.165) is 48.9 Å². The van der Waals surface area contributed by atoms with Gasteiger partial charge in [0.05, 0.1) is 18.1 Å². The summed E-state index contributed by atoms with van der Waals surface area (Å²) in [6, 6.07) is 9.89. The molecule has 36 heavy (non-hydrogen) atoms. The Kier molecular flexibility index (Phi) is 6.72. The van der Waals surface area contributed by atoms with Gasteiger partial charge in [-0.3, -0.25) is 4.79 Å². The molecule has 4 N–H and O–H groups in total. The summed E-state index contributed by atoms with van der Waals surface area (Å²) in [4.78, 5) is 19.1. The number of halogens is 3. The van der Waals surface area contributed by atoms with Crippen LogP contribution in [0.1, 0.15) is 60.9 Å². The third-order valence-corrected chi connectivity index (χ3v) is 8.40. The first kappa shape index (κ1) is 25.0. The Morgan fingerprint density at radius 3 is 2.50 bits per heavy atom. The number of aromatic nitrogens is 1. The number of carbonyl (C=O) groups is 1. The molecule has 1 aliphatic heterocycles. The summed E-state index contributed by atoms with van der Waals surface area (Å²) in [6.07, 6.45) is 1.32. The second-order valence-electron chi connectivity index (χ2n) is 10.7. The fourth-order valence-corrected chi connectivity index (χ4v) is 6.17. The topological polar surface area (TPSA) is 91.5 Å². The standard InChI is InChI=1S/C27H33F3N4O2/c28-27(29,30)11-12-34-15-20-9-10-26(20,16-34)19-3-1-17(2-4-19)18-13-23(24(31)32-14-18)25(36)33-21-5-7-22(35)8-6-21/h1-4,13-14,20-22,35H,5-12,15-16H2,(H2,31,32)(H,33,36)/t20-,21-,22-,26+/m1/s1. The maximum absolute atomic E-state index is 12.9. The molecular formula is C27H33F3N4O2. The number of anilines is 1. The van der Waals surface area contributed by atoms with Crippen molar-refractivity contribution in [2.45, 2.75) is 68.7 Å². The third kappa shape index (κ3) is 5.09. The Labute approximate surface area is 209 Å². The molecule has 0 bridgehead atoms. The Balaban J connectivity index is 1.28. The van der Waals surface area contributed by atoms with Crippen LogP contribution in [0.25, 0.3) is 11.1 Å². The summed E-state index contributed by atoms with van der Waals surface area (Å²) in [5.41, 5.74) is 9.13. The quantitative estimate of drug-likeness (QED) is 0.549. The van der Waals surface area contributed by atoms with Crippen molar-refractivity contribution < 1.29 is 23.1 Å². The zero-order valence-electron chi connectivity index (χ0n) is 20.2. The molecule has 2 aromatic rings. The molecule has 0 spiro atoms. The summed E-state index contributed by atoms with van der Waals surface area (Å²) >= 11 is 0. The van der Waals surface area contributed by atoms with Crippen molar-refractivity contribution in [1.82, 2.24) is 15.2 Å². The first-order valence-corrected chi connectivity index (χ1v) is 12.8. The molecular weight excluding hydrogens is 469 g/mol. The van der Waals surface area contributed by atoms with Crippen molar-refractivity contribution in [3.8, 4) is 11.1 Å². The number of fused-ring (bicyclic) bond motifs is 1. The average Bonchev–Trinajstić information content (AvgIpc) is 3.09. The van der Waals surface area contributed by atoms with Gasteiger partial charge in [-0.25, -0.2) is 4.98 Å². The third-order valence-electron chi connectivity index (χ3n) is 8.40. The van der Waals surface area contributed by atoms with Crippen molar-refractivity contribution >= 4 is 11.7 Å². The highest BCUT2D eigenvalue weighted by Crippen LogP contribution is 2.53. The van der Waals surface area contributed by atoms with Crippen LogP contribution in [-0.4, -0.2) is 58.9 Å². The summed E-state index contributed by atoms with van der Waals surface area (Å²) in [5, 5.41) is 12.7. The average molecular weight is 503 g/mol. The molecule has 9 heteroatoms. The van der Waals surface area contributed by atoms with E-state index in [4.69, 9.17) is 5.73 Å². The SMILES string of the molecule is Nc1ncc(-c2ccc([C@@]34CC[C@@H]3CN(CCC(F)(F)F)C4)cc2)cc1C(=O)N[C@H]1CC[C@H](O)CC1. The molecule has 2 atom stereocenters. The van der Waals surface area contributed by atoms with E-state index in [0.29, 0.717) is 30.9 Å². The van der Waals surface area contributed by atoms with Crippen LogP contribution in [0.3, 0.4) is 0 Å². The molecule has 194 valence electrons. The van der Waals surface area contributed by atoms with Gasteiger partial charge in [0.1, 0.15) is 5.82 Å². The van der Waals surface area contributed by atoms with Gasteiger partial charge in [0.25, 0.3) is 5.91 Å². The van der Waals surface area contributed by atoms with Gasteiger partial charge < -0.3 is 21.1 Å². The molecule has 6 nitrogen and oxygen atoms in total. The maximum Gasteiger partial charge on any atom is 0.390 e. The van der Waals surface area contributed by atoms with E-state index in [1.165, 1.54) is 0 Å². The molecule has 1 aromatic carbocycles. The van der Waals surface area contributed by atoms with Crippen molar-refractivity contribution in [2.75, 3.05) is 25.4 Å². The normalized spacial score (nSPS) is 28.4.